The summed E-state index contributed by atoms with van der Waals surface area (Å²) in [6.07, 6.45) is 4.99. The van der Waals surface area contributed by atoms with Crippen LogP contribution in [0.5, 0.6) is 0 Å². The Hall–Kier alpha value is -5.46. The van der Waals surface area contributed by atoms with Crippen LogP contribution in [0.2, 0.25) is 19.6 Å². The topological polar surface area (TPSA) is 56.7 Å². The van der Waals surface area contributed by atoms with Crippen LogP contribution in [-0.2, 0) is 26.5 Å². The van der Waals surface area contributed by atoms with Gasteiger partial charge in [0.15, 0.2) is 0 Å². The smallest absolute Gasteiger partial charge is 0.215 e. The number of para-hydroxylation sites is 2. The van der Waals surface area contributed by atoms with Crippen molar-refractivity contribution in [2.75, 3.05) is 0 Å². The Balaban J connectivity index is 0.000000202. The van der Waals surface area contributed by atoms with E-state index < -0.39 is 8.07 Å². The van der Waals surface area contributed by atoms with Crippen molar-refractivity contribution >= 4 is 46.4 Å². The summed E-state index contributed by atoms with van der Waals surface area (Å²) in [6, 6.07) is 48.3. The number of rotatable bonds is 7. The monoisotopic (exact) mass is 939 g/mol. The van der Waals surface area contributed by atoms with Gasteiger partial charge in [-0.25, -0.2) is 4.98 Å². The zero-order valence-corrected chi connectivity index (χ0v) is 36.9. The van der Waals surface area contributed by atoms with Gasteiger partial charge < -0.3 is 14.0 Å². The molecule has 0 saturated carbocycles. The number of imidazole rings is 1. The van der Waals surface area contributed by atoms with Crippen LogP contribution in [0.25, 0.3) is 72.6 Å². The van der Waals surface area contributed by atoms with Crippen LogP contribution in [0.1, 0.15) is 30.5 Å². The van der Waals surface area contributed by atoms with Crippen LogP contribution in [0, 0.1) is 31.9 Å². The Morgan fingerprint density at radius 3 is 2.21 bits per heavy atom. The first-order valence-corrected chi connectivity index (χ1v) is 22.9. The minimum absolute atomic E-state index is 0. The van der Waals surface area contributed by atoms with Gasteiger partial charge in [-0.2, -0.15) is 0 Å². The summed E-state index contributed by atoms with van der Waals surface area (Å²) >= 11 is 0. The van der Waals surface area contributed by atoms with Gasteiger partial charge in [-0.1, -0.05) is 111 Å². The van der Waals surface area contributed by atoms with Crippen molar-refractivity contribution in [1.29, 1.82) is 0 Å². The Morgan fingerprint density at radius 2 is 1.49 bits per heavy atom. The Labute approximate surface area is 350 Å². The number of aryl methyl sites for hydroxylation is 2. The van der Waals surface area contributed by atoms with Crippen molar-refractivity contribution < 1.29 is 24.5 Å². The summed E-state index contributed by atoms with van der Waals surface area (Å²) in [5.41, 5.74) is 13.8. The van der Waals surface area contributed by atoms with Crippen LogP contribution < -0.4 is 5.19 Å². The molecule has 0 N–H and O–H groups in total. The van der Waals surface area contributed by atoms with E-state index in [4.69, 9.17) is 9.40 Å². The maximum Gasteiger partial charge on any atom is 0.215 e. The van der Waals surface area contributed by atoms with Gasteiger partial charge in [0.1, 0.15) is 0 Å². The molecule has 0 fully saturated rings. The Morgan fingerprint density at radius 1 is 0.754 bits per heavy atom. The molecule has 287 valence electrons. The number of hydrogen-bond acceptors (Lipinski definition) is 4. The summed E-state index contributed by atoms with van der Waals surface area (Å²) < 4.78 is 8.35. The van der Waals surface area contributed by atoms with Gasteiger partial charge in [-0.05, 0) is 89.7 Å². The molecule has 57 heavy (non-hydrogen) atoms. The second-order valence-electron chi connectivity index (χ2n) is 16.0. The van der Waals surface area contributed by atoms with Gasteiger partial charge in [-0.3, -0.25) is 4.98 Å². The molecule has 0 aliphatic heterocycles. The van der Waals surface area contributed by atoms with Crippen molar-refractivity contribution in [3.63, 3.8) is 0 Å². The molecule has 9 rings (SSSR count). The first kappa shape index (κ1) is 39.8. The molecular formula is C50H46IrN4OSi-2. The number of fused-ring (bicyclic) bond motifs is 4. The summed E-state index contributed by atoms with van der Waals surface area (Å²) in [5.74, 6) is 1.51. The minimum Gasteiger partial charge on any atom is -0.458 e. The first-order chi connectivity index (χ1) is 27.1. The average Bonchev–Trinajstić information content (AvgIpc) is 3.77. The number of hydrogen-bond donors (Lipinski definition) is 0. The quantitative estimate of drug-likeness (QED) is 0.118. The van der Waals surface area contributed by atoms with E-state index >= 15 is 0 Å². The fourth-order valence-electron chi connectivity index (χ4n) is 7.78. The summed E-state index contributed by atoms with van der Waals surface area (Å²) in [7, 11) is -1.34. The van der Waals surface area contributed by atoms with Crippen LogP contribution in [0.15, 0.2) is 138 Å². The molecule has 0 spiro atoms. The third-order valence-electron chi connectivity index (χ3n) is 10.2. The molecule has 7 heteroatoms. The van der Waals surface area contributed by atoms with Crippen LogP contribution in [-0.4, -0.2) is 27.6 Å². The molecule has 0 atom stereocenters. The predicted octanol–water partition coefficient (Wildman–Crippen LogP) is 12.4. The molecule has 5 nitrogen and oxygen atoms in total. The second-order valence-corrected chi connectivity index (χ2v) is 21.0. The fourth-order valence-corrected chi connectivity index (χ4v) is 9.37. The fraction of sp³-hybridized carbons (Fsp3) is 0.180. The minimum atomic E-state index is -1.34. The summed E-state index contributed by atoms with van der Waals surface area (Å²) in [4.78, 5) is 14.3. The van der Waals surface area contributed by atoms with E-state index in [-0.39, 0.29) is 20.1 Å². The number of furan rings is 1. The third-order valence-corrected chi connectivity index (χ3v) is 12.3. The normalized spacial score (nSPS) is 11.5. The van der Waals surface area contributed by atoms with E-state index in [1.165, 1.54) is 33.0 Å². The van der Waals surface area contributed by atoms with E-state index in [2.05, 4.69) is 147 Å². The zero-order chi connectivity index (χ0) is 39.0. The zero-order valence-electron chi connectivity index (χ0n) is 33.5. The molecule has 9 aromatic rings. The van der Waals surface area contributed by atoms with Crippen LogP contribution in [0.4, 0.5) is 0 Å². The Bertz CT molecular complexity index is 2800. The molecule has 0 bridgehead atoms. The van der Waals surface area contributed by atoms with Crippen molar-refractivity contribution in [2.45, 2.75) is 53.8 Å². The van der Waals surface area contributed by atoms with Gasteiger partial charge in [0.2, 0.25) is 5.71 Å². The number of pyridine rings is 2. The van der Waals surface area contributed by atoms with Gasteiger partial charge in [0.25, 0.3) is 0 Å². The summed E-state index contributed by atoms with van der Waals surface area (Å²) in [5, 5.41) is 3.44. The molecule has 5 aromatic carbocycles. The van der Waals surface area contributed by atoms with Crippen molar-refractivity contribution in [3.8, 4) is 39.5 Å². The van der Waals surface area contributed by atoms with Crippen molar-refractivity contribution in [2.24, 2.45) is 5.92 Å². The maximum atomic E-state index is 6.08. The first-order valence-electron chi connectivity index (χ1n) is 19.4. The molecule has 0 unspecified atom stereocenters. The Kier molecular flexibility index (Phi) is 11.6. The van der Waals surface area contributed by atoms with Gasteiger partial charge in [0.05, 0.1) is 30.5 Å². The molecule has 4 heterocycles. The van der Waals surface area contributed by atoms with E-state index in [1.807, 2.05) is 54.6 Å². The number of benzene rings is 5. The predicted molar refractivity (Wildman–Crippen MR) is 235 cm³/mol. The second kappa shape index (κ2) is 16.6. The van der Waals surface area contributed by atoms with Gasteiger partial charge in [0, 0.05) is 43.6 Å². The average molecular weight is 939 g/mol. The molecule has 4 aromatic heterocycles. The standard InChI is InChI=1S/C32H22N3O.C18H24NSi.Ir/c1-20-18-23(22-10-4-3-5-11-22)19-21(2)30(20)35-27-15-7-6-14-26(27)34-31(35)24-12-8-16-28-29(24)25-13-9-17-33-32(25)36-28;1-14(2)11-16-12-17(15-9-7-6-8-10-15)19-13-18(16)20(3,4)5;/h3-11,13-19H,1-2H3;6-9,12-14H,11H2,1-5H3;/q2*-1;. The van der Waals surface area contributed by atoms with E-state index in [0.717, 1.165) is 62.1 Å². The third kappa shape index (κ3) is 8.06. The van der Waals surface area contributed by atoms with Gasteiger partial charge in [-0.15, -0.1) is 48.0 Å². The van der Waals surface area contributed by atoms with E-state index in [1.54, 1.807) is 6.20 Å². The van der Waals surface area contributed by atoms with Crippen LogP contribution >= 0.6 is 0 Å². The molecule has 1 radical (unpaired) electrons. The van der Waals surface area contributed by atoms with Crippen molar-refractivity contribution in [1.82, 2.24) is 19.5 Å². The molecule has 0 amide bonds. The summed E-state index contributed by atoms with van der Waals surface area (Å²) in [6.45, 7) is 16.1. The van der Waals surface area contributed by atoms with Crippen molar-refractivity contribution in [3.05, 3.63) is 163 Å². The largest absolute Gasteiger partial charge is 0.458 e. The van der Waals surface area contributed by atoms with E-state index in [9.17, 15) is 0 Å². The molecular weight excluding hydrogens is 893 g/mol. The molecule has 0 saturated heterocycles. The molecule has 0 aliphatic carbocycles. The number of nitrogens with zero attached hydrogens (tertiary/aromatic N) is 4. The van der Waals surface area contributed by atoms with Crippen LogP contribution in [0.3, 0.4) is 0 Å². The SMILES string of the molecule is CC(C)Cc1cc(-c2[c-]cccc2)ncc1[Si](C)(C)C.Cc1cc(-c2ccccc2)cc(C)c1-n1c(-c2[c-]ccc3oc4ncccc4c23)nc2ccccc21.[Ir]. The maximum absolute atomic E-state index is 6.08. The van der Waals surface area contributed by atoms with Gasteiger partial charge >= 0.3 is 0 Å². The number of aromatic nitrogens is 4. The molecule has 0 aliphatic rings. The van der Waals surface area contributed by atoms with E-state index in [0.29, 0.717) is 11.6 Å².